The minimum Gasteiger partial charge on any atom is -0.477 e. The van der Waals surface area contributed by atoms with Gasteiger partial charge in [0.1, 0.15) is 11.2 Å². The summed E-state index contributed by atoms with van der Waals surface area (Å²) >= 11 is 0. The van der Waals surface area contributed by atoms with Crippen molar-refractivity contribution >= 4 is 11.8 Å². The normalized spacial score (nSPS) is 19.7. The van der Waals surface area contributed by atoms with Gasteiger partial charge in [-0.05, 0) is 46.1 Å². The highest BCUT2D eigenvalue weighted by Crippen LogP contribution is 2.44. The molecule has 1 amide bonds. The number of hydrogen-bond acceptors (Lipinski definition) is 8. The Morgan fingerprint density at radius 1 is 1.08 bits per heavy atom. The van der Waals surface area contributed by atoms with Crippen molar-refractivity contribution in [3.05, 3.63) is 17.5 Å². The molecular weight excluding hydrogens is 502 g/mol. The van der Waals surface area contributed by atoms with Crippen LogP contribution in [0.25, 0.3) is 11.6 Å². The van der Waals surface area contributed by atoms with Gasteiger partial charge in [-0.3, -0.25) is 5.32 Å². The fourth-order valence-corrected chi connectivity index (χ4v) is 3.34. The topological polar surface area (TPSA) is 120 Å². The molecule has 2 aromatic heterocycles. The maximum absolute atomic E-state index is 13.8. The highest BCUT2D eigenvalue weighted by Gasteiger charge is 2.58. The number of nitrogens with zero attached hydrogens (tertiary/aromatic N) is 3. The second kappa shape index (κ2) is 9.75. The van der Waals surface area contributed by atoms with Gasteiger partial charge in [0.2, 0.25) is 11.5 Å². The molecule has 0 saturated carbocycles. The van der Waals surface area contributed by atoms with E-state index in [2.05, 4.69) is 20.5 Å². The minimum atomic E-state index is -5.19. The number of anilines is 1. The van der Waals surface area contributed by atoms with E-state index in [1.165, 1.54) is 20.8 Å². The lowest BCUT2D eigenvalue weighted by atomic mass is 9.95. The van der Waals surface area contributed by atoms with E-state index in [-0.39, 0.29) is 25.9 Å². The van der Waals surface area contributed by atoms with E-state index in [4.69, 9.17) is 13.9 Å². The van der Waals surface area contributed by atoms with Crippen molar-refractivity contribution in [3.63, 3.8) is 0 Å². The molecule has 0 unspecified atom stereocenters. The van der Waals surface area contributed by atoms with Crippen molar-refractivity contribution in [1.82, 2.24) is 15.2 Å². The van der Waals surface area contributed by atoms with Crippen molar-refractivity contribution in [1.29, 1.82) is 0 Å². The predicted molar refractivity (Wildman–Crippen MR) is 111 cm³/mol. The van der Waals surface area contributed by atoms with Crippen molar-refractivity contribution < 1.29 is 50.1 Å². The van der Waals surface area contributed by atoms with Crippen molar-refractivity contribution in [2.24, 2.45) is 0 Å². The van der Waals surface area contributed by atoms with Crippen LogP contribution in [0.2, 0.25) is 0 Å². The first-order valence-corrected chi connectivity index (χ1v) is 10.9. The molecule has 200 valence electrons. The van der Waals surface area contributed by atoms with E-state index >= 15 is 0 Å². The fourth-order valence-electron chi connectivity index (χ4n) is 3.34. The van der Waals surface area contributed by atoms with Gasteiger partial charge in [0.15, 0.2) is 5.69 Å². The molecule has 0 spiro atoms. The molecule has 1 atom stereocenters. The molecule has 0 fully saturated rings. The Morgan fingerprint density at radius 3 is 2.36 bits per heavy atom. The molecule has 2 N–H and O–H groups in total. The number of aliphatic hydroxyl groups is 1. The molecule has 3 heterocycles. The Morgan fingerprint density at radius 2 is 1.75 bits per heavy atom. The van der Waals surface area contributed by atoms with E-state index in [1.807, 2.05) is 0 Å². The van der Waals surface area contributed by atoms with Gasteiger partial charge in [0.25, 0.3) is 11.8 Å². The fraction of sp³-hybridized carbons (Fsp3) is 0.619. The summed E-state index contributed by atoms with van der Waals surface area (Å²) in [5, 5.41) is 19.3. The van der Waals surface area contributed by atoms with Gasteiger partial charge in [0, 0.05) is 0 Å². The second-order valence-electron chi connectivity index (χ2n) is 9.14. The van der Waals surface area contributed by atoms with Crippen LogP contribution in [0, 0.1) is 0 Å². The van der Waals surface area contributed by atoms with Crippen molar-refractivity contribution in [2.45, 2.75) is 76.4 Å². The van der Waals surface area contributed by atoms with Gasteiger partial charge in [-0.25, -0.2) is 9.78 Å². The molecule has 36 heavy (non-hydrogen) atoms. The number of rotatable bonds is 1. The van der Waals surface area contributed by atoms with Gasteiger partial charge in [-0.15, -0.1) is 10.2 Å². The Kier molecular flexibility index (Phi) is 7.44. The van der Waals surface area contributed by atoms with Gasteiger partial charge in [0.05, 0.1) is 12.3 Å². The lowest BCUT2D eigenvalue weighted by molar-refractivity contribution is -0.277. The van der Waals surface area contributed by atoms with Gasteiger partial charge >= 0.3 is 18.4 Å². The Balaban J connectivity index is 2.19. The van der Waals surface area contributed by atoms with Gasteiger partial charge in [-0.2, -0.15) is 26.3 Å². The molecule has 0 saturated heterocycles. The highest BCUT2D eigenvalue weighted by atomic mass is 19.4. The molecule has 4 bridgehead atoms. The molecule has 9 nitrogen and oxygen atoms in total. The summed E-state index contributed by atoms with van der Waals surface area (Å²) < 4.78 is 98.0. The summed E-state index contributed by atoms with van der Waals surface area (Å²) in [5.74, 6) is -2.89. The average molecular weight is 526 g/mol. The average Bonchev–Trinajstić information content (AvgIpc) is 3.20. The van der Waals surface area contributed by atoms with E-state index in [0.29, 0.717) is 12.5 Å². The number of carbonyl (C=O) groups excluding carboxylic acids is 1. The first-order valence-electron chi connectivity index (χ1n) is 10.9. The third kappa shape index (κ3) is 6.17. The zero-order valence-corrected chi connectivity index (χ0v) is 19.5. The SMILES string of the molecule is CC(C)(C)OC(=O)Nc1cc(C(F)(F)F)c2nc1-c1nnc(o1)[C@@](O)(C(F)(F)F)CCCCCCO2. The zero-order chi connectivity index (χ0) is 26.9. The van der Waals surface area contributed by atoms with Crippen LogP contribution in [-0.2, 0) is 16.5 Å². The first-order chi connectivity index (χ1) is 16.5. The number of aromatic nitrogens is 3. The number of alkyl halides is 6. The summed E-state index contributed by atoms with van der Waals surface area (Å²) in [4.78, 5) is 16.0. The molecule has 1 aliphatic heterocycles. The molecule has 3 rings (SSSR count). The van der Waals surface area contributed by atoms with E-state index in [0.717, 1.165) is 0 Å². The van der Waals surface area contributed by atoms with Crippen LogP contribution in [0.3, 0.4) is 0 Å². The number of carbonyl (C=O) groups is 1. The maximum Gasteiger partial charge on any atom is 0.426 e. The number of pyridine rings is 1. The number of fused-ring (bicyclic) bond motifs is 5. The predicted octanol–water partition coefficient (Wildman–Crippen LogP) is 5.59. The maximum atomic E-state index is 13.8. The van der Waals surface area contributed by atoms with Crippen molar-refractivity contribution in [3.8, 4) is 17.5 Å². The minimum absolute atomic E-state index is 0.0868. The van der Waals surface area contributed by atoms with Crippen molar-refractivity contribution in [2.75, 3.05) is 11.9 Å². The first kappa shape index (κ1) is 27.5. The van der Waals surface area contributed by atoms with Crippen LogP contribution in [0.4, 0.5) is 36.8 Å². The molecule has 0 radical (unpaired) electrons. The number of nitrogens with one attached hydrogen (secondary N) is 1. The standard InChI is InChI=1S/C21H24F6N4O5/c1-18(2,3)36-17(32)28-12-10-11(20(22,23)24)14-29-13(12)15-30-31-16(35-15)19(33,21(25,26)27)8-6-4-5-7-9-34-14/h10,33H,4-9H2,1-3H3,(H,28,32)/t19-/m1/s1. The van der Waals surface area contributed by atoms with E-state index in [1.54, 1.807) is 0 Å². The number of halogens is 6. The number of ether oxygens (including phenoxy) is 2. The molecule has 15 heteroatoms. The number of hydrogen-bond donors (Lipinski definition) is 2. The second-order valence-corrected chi connectivity index (χ2v) is 9.14. The van der Waals surface area contributed by atoms with Crippen LogP contribution >= 0.6 is 0 Å². The molecule has 0 aliphatic carbocycles. The molecule has 2 aromatic rings. The summed E-state index contributed by atoms with van der Waals surface area (Å²) in [7, 11) is 0. The van der Waals surface area contributed by atoms with Crippen LogP contribution in [0.5, 0.6) is 5.88 Å². The van der Waals surface area contributed by atoms with Gasteiger partial charge < -0.3 is 19.0 Å². The van der Waals surface area contributed by atoms with Gasteiger partial charge in [-0.1, -0.05) is 12.8 Å². The van der Waals surface area contributed by atoms with Crippen LogP contribution in [-0.4, -0.2) is 44.8 Å². The third-order valence-electron chi connectivity index (χ3n) is 5.05. The lowest BCUT2D eigenvalue weighted by Gasteiger charge is -2.27. The van der Waals surface area contributed by atoms with Crippen LogP contribution in [0.15, 0.2) is 10.5 Å². The largest absolute Gasteiger partial charge is 0.477 e. The van der Waals surface area contributed by atoms with E-state index < -0.39 is 70.7 Å². The monoisotopic (exact) mass is 526 g/mol. The summed E-state index contributed by atoms with van der Waals surface area (Å²) in [6, 6.07) is 0.479. The zero-order valence-electron chi connectivity index (χ0n) is 19.5. The molecule has 1 aliphatic rings. The lowest BCUT2D eigenvalue weighted by Crippen LogP contribution is -2.42. The number of amides is 1. The summed E-state index contributed by atoms with van der Waals surface area (Å²) in [5.41, 5.74) is -7.11. The Bertz CT molecular complexity index is 1100. The van der Waals surface area contributed by atoms with Crippen LogP contribution in [0.1, 0.15) is 64.3 Å². The third-order valence-corrected chi connectivity index (χ3v) is 5.05. The highest BCUT2D eigenvalue weighted by molar-refractivity contribution is 5.89. The molecular formula is C21H24F6N4O5. The summed E-state index contributed by atoms with van der Waals surface area (Å²) in [6.07, 6.45) is -11.4. The Labute approximate surface area is 201 Å². The van der Waals surface area contributed by atoms with E-state index in [9.17, 15) is 36.2 Å². The summed E-state index contributed by atoms with van der Waals surface area (Å²) in [6.45, 7) is 4.31. The smallest absolute Gasteiger partial charge is 0.426 e. The van der Waals surface area contributed by atoms with Crippen LogP contribution < -0.4 is 10.1 Å². The Hall–Kier alpha value is -3.10. The molecule has 0 aromatic carbocycles. The quantitative estimate of drug-likeness (QED) is 0.462.